The highest BCUT2D eigenvalue weighted by Gasteiger charge is 2.05. The molecule has 0 aliphatic heterocycles. The highest BCUT2D eigenvalue weighted by molar-refractivity contribution is 14.0. The topological polar surface area (TPSA) is 75.8 Å². The number of nitrogens with zero attached hydrogens (tertiary/aromatic N) is 4. The van der Waals surface area contributed by atoms with Crippen LogP contribution in [0.25, 0.3) is 5.65 Å². The van der Waals surface area contributed by atoms with E-state index in [-0.39, 0.29) is 24.0 Å². The van der Waals surface area contributed by atoms with Gasteiger partial charge in [-0.05, 0) is 25.1 Å². The van der Waals surface area contributed by atoms with Crippen LogP contribution < -0.4 is 15.4 Å². The number of aliphatic imine (C=N–C) groups is 1. The summed E-state index contributed by atoms with van der Waals surface area (Å²) in [5.41, 5.74) is 1.91. The molecule has 7 nitrogen and oxygen atoms in total. The number of methoxy groups -OCH3 is 1. The van der Waals surface area contributed by atoms with Gasteiger partial charge in [0.05, 0.1) is 13.7 Å². The van der Waals surface area contributed by atoms with Crippen LogP contribution in [0.4, 0.5) is 0 Å². The van der Waals surface area contributed by atoms with Gasteiger partial charge in [-0.25, -0.2) is 4.99 Å². The number of benzene rings is 1. The minimum Gasteiger partial charge on any atom is -0.496 e. The molecular formula is C19H25IN6O. The van der Waals surface area contributed by atoms with Gasteiger partial charge in [0.25, 0.3) is 0 Å². The summed E-state index contributed by atoms with van der Waals surface area (Å²) in [6.45, 7) is 4.11. The maximum atomic E-state index is 5.38. The average molecular weight is 480 g/mol. The molecule has 3 aromatic rings. The van der Waals surface area contributed by atoms with Gasteiger partial charge in [-0.1, -0.05) is 24.3 Å². The fourth-order valence-electron chi connectivity index (χ4n) is 2.69. The van der Waals surface area contributed by atoms with Crippen LogP contribution in [-0.4, -0.2) is 40.8 Å². The van der Waals surface area contributed by atoms with Crippen molar-refractivity contribution in [2.45, 2.75) is 19.9 Å². The Bertz CT molecular complexity index is 879. The highest BCUT2D eigenvalue weighted by atomic mass is 127. The molecule has 8 heteroatoms. The fourth-order valence-corrected chi connectivity index (χ4v) is 2.69. The van der Waals surface area contributed by atoms with Gasteiger partial charge in [-0.3, -0.25) is 4.40 Å². The number of hydrogen-bond donors (Lipinski definition) is 2. The number of hydrogen-bond acceptors (Lipinski definition) is 4. The van der Waals surface area contributed by atoms with Crippen molar-refractivity contribution in [3.63, 3.8) is 0 Å². The Balaban J connectivity index is 0.00000261. The van der Waals surface area contributed by atoms with Crippen LogP contribution in [-0.2, 0) is 13.0 Å². The molecule has 1 aromatic carbocycles. The predicted octanol–water partition coefficient (Wildman–Crippen LogP) is 2.65. The minimum atomic E-state index is 0. The van der Waals surface area contributed by atoms with Crippen LogP contribution in [0.2, 0.25) is 0 Å². The van der Waals surface area contributed by atoms with Crippen molar-refractivity contribution in [2.75, 3.05) is 20.2 Å². The van der Waals surface area contributed by atoms with Gasteiger partial charge < -0.3 is 15.4 Å². The zero-order valence-electron chi connectivity index (χ0n) is 15.6. The molecule has 27 heavy (non-hydrogen) atoms. The summed E-state index contributed by atoms with van der Waals surface area (Å²) in [6.07, 6.45) is 2.73. The van der Waals surface area contributed by atoms with Gasteiger partial charge >= 0.3 is 0 Å². The van der Waals surface area contributed by atoms with E-state index in [1.165, 1.54) is 0 Å². The fraction of sp³-hybridized carbons (Fsp3) is 0.316. The average Bonchev–Trinajstić information content (AvgIpc) is 3.09. The number of halogens is 1. The van der Waals surface area contributed by atoms with Crippen molar-refractivity contribution in [1.82, 2.24) is 25.2 Å². The summed E-state index contributed by atoms with van der Waals surface area (Å²) in [6, 6.07) is 13.8. The first-order chi connectivity index (χ1) is 12.8. The largest absolute Gasteiger partial charge is 0.496 e. The standard InChI is InChI=1S/C19H24N6O.HI/c1-3-20-19(22-14-15-8-4-5-9-16(15)26-2)21-12-11-18-24-23-17-10-6-7-13-25(17)18;/h4-10,13H,3,11-12,14H2,1-2H3,(H2,20,21,22);1H. The van der Waals surface area contributed by atoms with Crippen LogP contribution in [0, 0.1) is 0 Å². The number of aromatic nitrogens is 3. The Kier molecular flexibility index (Phi) is 8.31. The Hall–Kier alpha value is -2.36. The van der Waals surface area contributed by atoms with E-state index in [0.29, 0.717) is 13.1 Å². The number of fused-ring (bicyclic) bond motifs is 1. The van der Waals surface area contributed by atoms with E-state index in [9.17, 15) is 0 Å². The number of para-hydroxylation sites is 1. The summed E-state index contributed by atoms with van der Waals surface area (Å²) in [5.74, 6) is 2.54. The molecule has 2 aromatic heterocycles. The van der Waals surface area contributed by atoms with E-state index in [1.54, 1.807) is 7.11 Å². The first kappa shape index (κ1) is 20.9. The molecular weight excluding hydrogens is 455 g/mol. The van der Waals surface area contributed by atoms with Crippen molar-refractivity contribution in [3.05, 3.63) is 60.0 Å². The van der Waals surface area contributed by atoms with Crippen molar-refractivity contribution < 1.29 is 4.74 Å². The lowest BCUT2D eigenvalue weighted by Crippen LogP contribution is -2.38. The summed E-state index contributed by atoms with van der Waals surface area (Å²) in [5, 5.41) is 15.0. The Morgan fingerprint density at radius 1 is 1.11 bits per heavy atom. The summed E-state index contributed by atoms with van der Waals surface area (Å²) in [4.78, 5) is 4.65. The summed E-state index contributed by atoms with van der Waals surface area (Å²) >= 11 is 0. The molecule has 0 fully saturated rings. The van der Waals surface area contributed by atoms with E-state index < -0.39 is 0 Å². The molecule has 0 amide bonds. The SMILES string of the molecule is CCNC(=NCc1ccccc1OC)NCCc1nnc2ccccn12.I. The van der Waals surface area contributed by atoms with Gasteiger partial charge in [0.2, 0.25) is 0 Å². The molecule has 0 spiro atoms. The quantitative estimate of drug-likeness (QED) is 0.309. The van der Waals surface area contributed by atoms with Crippen LogP contribution in [0.5, 0.6) is 5.75 Å². The molecule has 144 valence electrons. The van der Waals surface area contributed by atoms with Gasteiger partial charge in [0, 0.05) is 31.3 Å². The summed E-state index contributed by atoms with van der Waals surface area (Å²) in [7, 11) is 1.68. The third-order valence-corrected chi connectivity index (χ3v) is 3.97. The van der Waals surface area contributed by atoms with Gasteiger partial charge in [0.1, 0.15) is 11.6 Å². The van der Waals surface area contributed by atoms with E-state index in [1.807, 2.05) is 60.0 Å². The second kappa shape index (κ2) is 10.7. The smallest absolute Gasteiger partial charge is 0.191 e. The predicted molar refractivity (Wildman–Crippen MR) is 118 cm³/mol. The molecule has 0 atom stereocenters. The monoisotopic (exact) mass is 480 g/mol. The Morgan fingerprint density at radius 3 is 2.74 bits per heavy atom. The van der Waals surface area contributed by atoms with Gasteiger partial charge in [-0.2, -0.15) is 0 Å². The number of guanidine groups is 1. The van der Waals surface area contributed by atoms with Crippen LogP contribution in [0.1, 0.15) is 18.3 Å². The third-order valence-electron chi connectivity index (χ3n) is 3.97. The Morgan fingerprint density at radius 2 is 1.93 bits per heavy atom. The lowest BCUT2D eigenvalue weighted by atomic mass is 10.2. The third kappa shape index (κ3) is 5.56. The normalized spacial score (nSPS) is 11.1. The minimum absolute atomic E-state index is 0. The number of nitrogens with one attached hydrogen (secondary N) is 2. The van der Waals surface area contributed by atoms with E-state index >= 15 is 0 Å². The molecule has 0 saturated heterocycles. The number of pyridine rings is 1. The second-order valence-corrected chi connectivity index (χ2v) is 5.73. The van der Waals surface area contributed by atoms with Gasteiger partial charge in [0.15, 0.2) is 11.6 Å². The number of rotatable bonds is 7. The molecule has 2 heterocycles. The van der Waals surface area contributed by atoms with E-state index in [4.69, 9.17) is 4.74 Å². The summed E-state index contributed by atoms with van der Waals surface area (Å²) < 4.78 is 7.38. The van der Waals surface area contributed by atoms with Crippen LogP contribution >= 0.6 is 24.0 Å². The van der Waals surface area contributed by atoms with Gasteiger partial charge in [-0.15, -0.1) is 34.2 Å². The van der Waals surface area contributed by atoms with E-state index in [2.05, 4.69) is 25.8 Å². The van der Waals surface area contributed by atoms with Crippen molar-refractivity contribution >= 4 is 35.6 Å². The zero-order valence-corrected chi connectivity index (χ0v) is 17.9. The molecule has 0 saturated carbocycles. The molecule has 0 aliphatic rings. The highest BCUT2D eigenvalue weighted by Crippen LogP contribution is 2.17. The molecule has 0 unspecified atom stereocenters. The van der Waals surface area contributed by atoms with E-state index in [0.717, 1.165) is 41.7 Å². The zero-order chi connectivity index (χ0) is 18.2. The van der Waals surface area contributed by atoms with Crippen molar-refractivity contribution in [2.24, 2.45) is 4.99 Å². The van der Waals surface area contributed by atoms with Crippen molar-refractivity contribution in [3.8, 4) is 5.75 Å². The van der Waals surface area contributed by atoms with Crippen molar-refractivity contribution in [1.29, 1.82) is 0 Å². The molecule has 2 N–H and O–H groups in total. The first-order valence-corrected chi connectivity index (χ1v) is 8.74. The maximum absolute atomic E-state index is 5.38. The lowest BCUT2D eigenvalue weighted by Gasteiger charge is -2.12. The molecule has 0 radical (unpaired) electrons. The molecule has 3 rings (SSSR count). The molecule has 0 aliphatic carbocycles. The second-order valence-electron chi connectivity index (χ2n) is 5.73. The Labute approximate surface area is 176 Å². The first-order valence-electron chi connectivity index (χ1n) is 8.74. The lowest BCUT2D eigenvalue weighted by molar-refractivity contribution is 0.410. The van der Waals surface area contributed by atoms with Crippen LogP contribution in [0.3, 0.4) is 0 Å². The molecule has 0 bridgehead atoms. The maximum Gasteiger partial charge on any atom is 0.191 e. The van der Waals surface area contributed by atoms with Crippen LogP contribution in [0.15, 0.2) is 53.7 Å². The number of ether oxygens (including phenoxy) is 1.